The lowest BCUT2D eigenvalue weighted by Crippen LogP contribution is -2.57. The molecule has 0 aliphatic heterocycles. The third-order valence-electron chi connectivity index (χ3n) is 4.89. The molecule has 0 aromatic rings. The van der Waals surface area contributed by atoms with E-state index in [1.54, 1.807) is 0 Å². The predicted molar refractivity (Wildman–Crippen MR) is 122 cm³/mol. The molecular weight excluding hydrogens is 484 g/mol. The summed E-state index contributed by atoms with van der Waals surface area (Å²) in [5.74, 6) is -7.91. The third kappa shape index (κ3) is 13.8. The van der Waals surface area contributed by atoms with Crippen molar-refractivity contribution in [2.45, 2.75) is 75.5 Å². The second kappa shape index (κ2) is 16.8. The van der Waals surface area contributed by atoms with E-state index in [1.165, 1.54) is 0 Å². The van der Waals surface area contributed by atoms with E-state index < -0.39 is 91.4 Å². The topological polar surface area (TPSA) is 294 Å². The lowest BCUT2D eigenvalue weighted by atomic mass is 10.1. The van der Waals surface area contributed by atoms with Gasteiger partial charge in [0.25, 0.3) is 0 Å². The molecule has 16 nitrogen and oxygen atoms in total. The first-order valence-electron chi connectivity index (χ1n) is 11.1. The van der Waals surface area contributed by atoms with E-state index in [4.69, 9.17) is 27.4 Å². The Bertz CT molecular complexity index is 821. The van der Waals surface area contributed by atoms with Crippen LogP contribution in [0.2, 0.25) is 0 Å². The van der Waals surface area contributed by atoms with Gasteiger partial charge in [0.05, 0.1) is 12.5 Å². The molecule has 0 radical (unpaired) electrons. The largest absolute Gasteiger partial charge is 0.481 e. The number of nitrogens with one attached hydrogen (secondary N) is 3. The second-order valence-corrected chi connectivity index (χ2v) is 7.95. The van der Waals surface area contributed by atoms with Crippen molar-refractivity contribution < 1.29 is 48.9 Å². The van der Waals surface area contributed by atoms with Crippen molar-refractivity contribution in [1.82, 2.24) is 16.0 Å². The number of carbonyl (C=O) groups is 7. The number of rotatable bonds is 19. The molecule has 0 fully saturated rings. The number of aliphatic carboxylic acids is 3. The van der Waals surface area contributed by atoms with Crippen molar-refractivity contribution in [2.75, 3.05) is 6.54 Å². The van der Waals surface area contributed by atoms with Crippen LogP contribution in [0.15, 0.2) is 0 Å². The zero-order chi connectivity index (χ0) is 27.8. The Kier molecular flexibility index (Phi) is 15.0. The Morgan fingerprint density at radius 2 is 1.17 bits per heavy atom. The lowest BCUT2D eigenvalue weighted by Gasteiger charge is -2.24. The smallest absolute Gasteiger partial charge is 0.326 e. The SMILES string of the molecule is NCCCCC(NC(=O)C(CCC(=O)O)NC(=O)C(CC(N)=O)NC(=O)C(N)CCC(=O)O)C(=O)O. The maximum absolute atomic E-state index is 12.8. The summed E-state index contributed by atoms with van der Waals surface area (Å²) in [5.41, 5.74) is 16.1. The molecule has 0 aromatic carbocycles. The van der Waals surface area contributed by atoms with Crippen LogP contribution in [0, 0.1) is 0 Å². The van der Waals surface area contributed by atoms with Crippen LogP contribution in [0.5, 0.6) is 0 Å². The van der Waals surface area contributed by atoms with Crippen LogP contribution in [0.25, 0.3) is 0 Å². The number of hydrogen-bond donors (Lipinski definition) is 9. The van der Waals surface area contributed by atoms with E-state index in [0.717, 1.165) is 0 Å². The Hall–Kier alpha value is -3.79. The fourth-order valence-electron chi connectivity index (χ4n) is 2.93. The molecule has 12 N–H and O–H groups in total. The molecule has 16 heteroatoms. The first-order chi connectivity index (χ1) is 16.8. The number of hydrogen-bond acceptors (Lipinski definition) is 9. The maximum atomic E-state index is 12.8. The second-order valence-electron chi connectivity index (χ2n) is 7.95. The van der Waals surface area contributed by atoms with Gasteiger partial charge in [-0.15, -0.1) is 0 Å². The number of carboxylic acids is 3. The van der Waals surface area contributed by atoms with Crippen molar-refractivity contribution in [3.63, 3.8) is 0 Å². The molecule has 0 spiro atoms. The van der Waals surface area contributed by atoms with Gasteiger partial charge in [-0.05, 0) is 38.6 Å². The van der Waals surface area contributed by atoms with Crippen LogP contribution >= 0.6 is 0 Å². The van der Waals surface area contributed by atoms with Crippen molar-refractivity contribution in [3.8, 4) is 0 Å². The summed E-state index contributed by atoms with van der Waals surface area (Å²) in [6, 6.07) is -5.81. The molecule has 4 unspecified atom stereocenters. The average molecular weight is 519 g/mol. The predicted octanol–water partition coefficient (Wildman–Crippen LogP) is -3.41. The lowest BCUT2D eigenvalue weighted by molar-refractivity contribution is -0.143. The highest BCUT2D eigenvalue weighted by molar-refractivity contribution is 5.96. The van der Waals surface area contributed by atoms with Gasteiger partial charge in [0.2, 0.25) is 23.6 Å². The molecule has 0 aliphatic rings. The Morgan fingerprint density at radius 1 is 0.667 bits per heavy atom. The molecule has 0 rings (SSSR count). The minimum absolute atomic E-state index is 0.0342. The van der Waals surface area contributed by atoms with Crippen LogP contribution in [0.4, 0.5) is 0 Å². The van der Waals surface area contributed by atoms with Crippen molar-refractivity contribution in [3.05, 3.63) is 0 Å². The van der Waals surface area contributed by atoms with Crippen LogP contribution in [-0.2, 0) is 33.6 Å². The molecule has 0 bridgehead atoms. The zero-order valence-corrected chi connectivity index (χ0v) is 19.6. The quantitative estimate of drug-likeness (QED) is 0.0755. The minimum Gasteiger partial charge on any atom is -0.481 e. The van der Waals surface area contributed by atoms with E-state index >= 15 is 0 Å². The molecule has 204 valence electrons. The summed E-state index contributed by atoms with van der Waals surface area (Å²) in [4.78, 5) is 82.3. The van der Waals surface area contributed by atoms with Gasteiger partial charge in [0, 0.05) is 12.8 Å². The Labute approximate surface area is 206 Å². The number of amides is 4. The zero-order valence-electron chi connectivity index (χ0n) is 19.6. The summed E-state index contributed by atoms with van der Waals surface area (Å²) >= 11 is 0. The van der Waals surface area contributed by atoms with Crippen molar-refractivity contribution >= 4 is 41.5 Å². The van der Waals surface area contributed by atoms with Crippen molar-refractivity contribution in [1.29, 1.82) is 0 Å². The summed E-state index contributed by atoms with van der Waals surface area (Å²) in [6.45, 7) is 0.310. The molecule has 4 amide bonds. The summed E-state index contributed by atoms with van der Waals surface area (Å²) in [6.07, 6.45) is -1.50. The minimum atomic E-state index is -1.62. The van der Waals surface area contributed by atoms with Gasteiger partial charge >= 0.3 is 17.9 Å². The standard InChI is InChI=1S/C20H34N6O10/c21-8-2-1-3-12(20(35)36)25-18(33)11(5-7-16(30)31)24-19(34)13(9-14(23)27)26-17(32)10(22)4-6-15(28)29/h10-13H,1-9,21-22H2,(H2,23,27)(H,24,34)(H,25,33)(H,26,32)(H,28,29)(H,30,31)(H,35,36). The van der Waals surface area contributed by atoms with E-state index in [1.807, 2.05) is 0 Å². The normalized spacial score (nSPS) is 13.9. The number of carbonyl (C=O) groups excluding carboxylic acids is 4. The number of primary amides is 1. The van der Waals surface area contributed by atoms with Gasteiger partial charge in [-0.3, -0.25) is 28.8 Å². The first kappa shape index (κ1) is 32.2. The molecule has 0 saturated heterocycles. The highest BCUT2D eigenvalue weighted by Crippen LogP contribution is 2.06. The van der Waals surface area contributed by atoms with E-state index in [-0.39, 0.29) is 12.8 Å². The Morgan fingerprint density at radius 3 is 1.67 bits per heavy atom. The molecule has 36 heavy (non-hydrogen) atoms. The molecule has 0 saturated carbocycles. The molecule has 0 aromatic heterocycles. The van der Waals surface area contributed by atoms with Gasteiger partial charge in [0.1, 0.15) is 18.1 Å². The molecule has 4 atom stereocenters. The first-order valence-corrected chi connectivity index (χ1v) is 11.1. The van der Waals surface area contributed by atoms with Crippen LogP contribution in [0.1, 0.15) is 51.4 Å². The van der Waals surface area contributed by atoms with Crippen LogP contribution < -0.4 is 33.2 Å². The van der Waals surface area contributed by atoms with E-state index in [2.05, 4.69) is 16.0 Å². The van der Waals surface area contributed by atoms with Crippen LogP contribution in [-0.4, -0.2) is 87.6 Å². The monoisotopic (exact) mass is 518 g/mol. The molecule has 0 aliphatic carbocycles. The summed E-state index contributed by atoms with van der Waals surface area (Å²) in [5, 5.41) is 33.6. The number of nitrogens with two attached hydrogens (primary N) is 3. The van der Waals surface area contributed by atoms with Crippen LogP contribution in [0.3, 0.4) is 0 Å². The van der Waals surface area contributed by atoms with Gasteiger partial charge in [0.15, 0.2) is 0 Å². The molecular formula is C20H34N6O10. The van der Waals surface area contributed by atoms with E-state index in [9.17, 15) is 38.7 Å². The fourth-order valence-corrected chi connectivity index (χ4v) is 2.93. The third-order valence-corrected chi connectivity index (χ3v) is 4.89. The van der Waals surface area contributed by atoms with E-state index in [0.29, 0.717) is 19.4 Å². The van der Waals surface area contributed by atoms with Gasteiger partial charge < -0.3 is 48.5 Å². The highest BCUT2D eigenvalue weighted by Gasteiger charge is 2.31. The van der Waals surface area contributed by atoms with Gasteiger partial charge in [-0.2, -0.15) is 0 Å². The maximum Gasteiger partial charge on any atom is 0.326 e. The van der Waals surface area contributed by atoms with Gasteiger partial charge in [-0.25, -0.2) is 4.79 Å². The van der Waals surface area contributed by atoms with Gasteiger partial charge in [-0.1, -0.05) is 0 Å². The molecule has 0 heterocycles. The number of unbranched alkanes of at least 4 members (excludes halogenated alkanes) is 1. The average Bonchev–Trinajstić information content (AvgIpc) is 2.78. The Balaban J connectivity index is 5.53. The fraction of sp³-hybridized carbons (Fsp3) is 0.650. The summed E-state index contributed by atoms with van der Waals surface area (Å²) < 4.78 is 0. The van der Waals surface area contributed by atoms with Crippen molar-refractivity contribution in [2.24, 2.45) is 17.2 Å². The highest BCUT2D eigenvalue weighted by atomic mass is 16.4. The summed E-state index contributed by atoms with van der Waals surface area (Å²) in [7, 11) is 0. The number of carboxylic acid groups (broad SMARTS) is 3.